The van der Waals surface area contributed by atoms with Crippen LogP contribution in [0.5, 0.6) is 0 Å². The van der Waals surface area contributed by atoms with Crippen molar-refractivity contribution >= 4 is 0 Å². The van der Waals surface area contributed by atoms with Crippen molar-refractivity contribution in [3.05, 3.63) is 95.8 Å². The quantitative estimate of drug-likeness (QED) is 0.0533. The highest BCUT2D eigenvalue weighted by Crippen LogP contribution is 2.47. The van der Waals surface area contributed by atoms with E-state index in [1.54, 1.807) is 0 Å². The monoisotopic (exact) mass is 855 g/mol. The van der Waals surface area contributed by atoms with E-state index in [4.69, 9.17) is 24.7 Å². The number of rotatable bonds is 28. The molecule has 0 spiro atoms. The van der Waals surface area contributed by atoms with Crippen LogP contribution in [0.3, 0.4) is 0 Å². The summed E-state index contributed by atoms with van der Waals surface area (Å²) in [4.78, 5) is 19.5. The Balaban J connectivity index is 1.16. The van der Waals surface area contributed by atoms with E-state index in [2.05, 4.69) is 76.2 Å². The first-order valence-corrected chi connectivity index (χ1v) is 26.6. The number of benzene rings is 2. The average molecular weight is 855 g/mol. The molecule has 0 aliphatic heterocycles. The molecule has 63 heavy (non-hydrogen) atoms. The number of ether oxygens (including phenoxy) is 1. The van der Waals surface area contributed by atoms with Crippen LogP contribution < -0.4 is 0 Å². The third kappa shape index (κ3) is 15.9. The van der Waals surface area contributed by atoms with Gasteiger partial charge in [-0.25, -0.2) is 0 Å². The maximum Gasteiger partial charge on any atom is 0.0885 e. The lowest BCUT2D eigenvalue weighted by Gasteiger charge is -2.40. The first-order valence-electron chi connectivity index (χ1n) is 26.6. The summed E-state index contributed by atoms with van der Waals surface area (Å²) >= 11 is 0. The minimum Gasteiger partial charge on any atom is -0.365 e. The van der Waals surface area contributed by atoms with Crippen LogP contribution in [0.4, 0.5) is 0 Å². The van der Waals surface area contributed by atoms with Crippen molar-refractivity contribution in [1.29, 1.82) is 0 Å². The third-order valence-electron chi connectivity index (χ3n) is 14.9. The number of aromatic nitrogens is 4. The summed E-state index contributed by atoms with van der Waals surface area (Å²) in [6.07, 6.45) is 44.1. The standard InChI is InChI=1S/C58H86N4O/c1-5-9-11-13-15-17-19-23-53-41-61-55(43-59-53)47-33-37-51(38-34-47)57(49-29-25-45(21-7-3)26-30-49)63-58(50-31-27-46(22-8-4)28-32-50)52-39-35-48(36-40-52)56-44-60-54(42-62-56)24-20-18-16-14-12-10-6-2/h33-46,49-50,57-58H,5-32H2,1-4H3. The molecule has 4 aromatic rings. The lowest BCUT2D eigenvalue weighted by atomic mass is 9.75. The van der Waals surface area contributed by atoms with Crippen molar-refractivity contribution in [2.45, 2.75) is 220 Å². The highest BCUT2D eigenvalue weighted by atomic mass is 16.5. The molecular formula is C58H86N4O. The summed E-state index contributed by atoms with van der Waals surface area (Å²) in [5, 5.41) is 0. The fraction of sp³-hybridized carbons (Fsp3) is 0.655. The average Bonchev–Trinajstić information content (AvgIpc) is 3.33. The lowest BCUT2D eigenvalue weighted by Crippen LogP contribution is -2.28. The van der Waals surface area contributed by atoms with Gasteiger partial charge in [0, 0.05) is 23.5 Å². The maximum absolute atomic E-state index is 7.71. The summed E-state index contributed by atoms with van der Waals surface area (Å²) in [6, 6.07) is 18.5. The molecule has 6 rings (SSSR count). The number of aryl methyl sites for hydroxylation is 2. The Morgan fingerprint density at radius 2 is 0.778 bits per heavy atom. The van der Waals surface area contributed by atoms with E-state index >= 15 is 0 Å². The van der Waals surface area contributed by atoms with Gasteiger partial charge >= 0.3 is 0 Å². The molecule has 344 valence electrons. The predicted octanol–water partition coefficient (Wildman–Crippen LogP) is 17.2. The van der Waals surface area contributed by atoms with Crippen molar-refractivity contribution in [3.63, 3.8) is 0 Å². The smallest absolute Gasteiger partial charge is 0.0885 e. The zero-order chi connectivity index (χ0) is 43.9. The third-order valence-corrected chi connectivity index (χ3v) is 14.9. The van der Waals surface area contributed by atoms with Crippen LogP contribution in [0, 0.1) is 23.7 Å². The fourth-order valence-corrected chi connectivity index (χ4v) is 10.9. The minimum atomic E-state index is 0.0600. The summed E-state index contributed by atoms with van der Waals surface area (Å²) in [5.41, 5.74) is 9.03. The zero-order valence-electron chi connectivity index (χ0n) is 40.4. The molecule has 2 aromatic carbocycles. The molecule has 0 N–H and O–H groups in total. The molecule has 0 saturated heterocycles. The normalized spacial score (nSPS) is 20.1. The highest BCUT2D eigenvalue weighted by Gasteiger charge is 2.36. The number of nitrogens with zero attached hydrogens (tertiary/aromatic N) is 4. The SMILES string of the molecule is CCCCCCCCCc1cnc(-c2ccc(C(OC(c3ccc(-c4cnc(CCCCCCCCC)cn4)cc3)C3CCC(CCC)CC3)C3CCC(CCC)CC3)cc2)cn1. The second-order valence-corrected chi connectivity index (χ2v) is 19.9. The van der Waals surface area contributed by atoms with Crippen LogP contribution in [-0.2, 0) is 17.6 Å². The van der Waals surface area contributed by atoms with Gasteiger partial charge in [-0.05, 0) is 86.2 Å². The van der Waals surface area contributed by atoms with E-state index in [1.165, 1.54) is 178 Å². The second kappa shape index (κ2) is 27.8. The van der Waals surface area contributed by atoms with Gasteiger partial charge in [0.1, 0.15) is 0 Å². The molecule has 2 fully saturated rings. The van der Waals surface area contributed by atoms with Crippen LogP contribution >= 0.6 is 0 Å². The molecule has 5 heteroatoms. The van der Waals surface area contributed by atoms with Crippen LogP contribution in [0.25, 0.3) is 22.5 Å². The first kappa shape index (κ1) is 49.0. The van der Waals surface area contributed by atoms with Gasteiger partial charge in [0.2, 0.25) is 0 Å². The van der Waals surface area contributed by atoms with E-state index in [-0.39, 0.29) is 12.2 Å². The van der Waals surface area contributed by atoms with Crippen LogP contribution in [0.2, 0.25) is 0 Å². The van der Waals surface area contributed by atoms with Gasteiger partial charge in [0.15, 0.2) is 0 Å². The Morgan fingerprint density at radius 1 is 0.413 bits per heavy atom. The molecule has 0 radical (unpaired) electrons. The van der Waals surface area contributed by atoms with Crippen molar-refractivity contribution in [2.75, 3.05) is 0 Å². The molecule has 5 nitrogen and oxygen atoms in total. The van der Waals surface area contributed by atoms with Crippen LogP contribution in [0.1, 0.15) is 229 Å². The summed E-state index contributed by atoms with van der Waals surface area (Å²) in [6.45, 7) is 9.26. The molecule has 2 aromatic heterocycles. The largest absolute Gasteiger partial charge is 0.365 e. The van der Waals surface area contributed by atoms with Crippen molar-refractivity contribution in [1.82, 2.24) is 19.9 Å². The topological polar surface area (TPSA) is 60.8 Å². The van der Waals surface area contributed by atoms with Gasteiger partial charge in [-0.3, -0.25) is 19.9 Å². The van der Waals surface area contributed by atoms with Gasteiger partial charge in [-0.2, -0.15) is 0 Å². The van der Waals surface area contributed by atoms with E-state index in [0.29, 0.717) is 11.8 Å². The highest BCUT2D eigenvalue weighted by molar-refractivity contribution is 5.59. The Hall–Kier alpha value is -3.44. The predicted molar refractivity (Wildman–Crippen MR) is 266 cm³/mol. The first-order chi connectivity index (χ1) is 31.1. The molecule has 2 heterocycles. The van der Waals surface area contributed by atoms with Crippen LogP contribution in [0.15, 0.2) is 73.3 Å². The Morgan fingerprint density at radius 3 is 1.11 bits per heavy atom. The van der Waals surface area contributed by atoms with Gasteiger partial charge in [-0.15, -0.1) is 0 Å². The molecule has 2 unspecified atom stereocenters. The number of unbranched alkanes of at least 4 members (excludes halogenated alkanes) is 12. The molecule has 2 saturated carbocycles. The van der Waals surface area contributed by atoms with E-state index in [9.17, 15) is 0 Å². The van der Waals surface area contributed by atoms with Gasteiger partial charge in [0.05, 0.1) is 47.4 Å². The molecule has 2 aliphatic carbocycles. The van der Waals surface area contributed by atoms with E-state index in [0.717, 1.165) is 58.6 Å². The van der Waals surface area contributed by atoms with Crippen molar-refractivity contribution in [3.8, 4) is 22.5 Å². The minimum absolute atomic E-state index is 0.0600. The second-order valence-electron chi connectivity index (χ2n) is 19.9. The van der Waals surface area contributed by atoms with E-state index < -0.39 is 0 Å². The molecular weight excluding hydrogens is 769 g/mol. The lowest BCUT2D eigenvalue weighted by molar-refractivity contribution is -0.0907. The Bertz CT molecular complexity index is 1640. The number of hydrogen-bond acceptors (Lipinski definition) is 5. The molecule has 0 amide bonds. The molecule has 2 aliphatic rings. The maximum atomic E-state index is 7.71. The van der Waals surface area contributed by atoms with Gasteiger partial charge in [0.25, 0.3) is 0 Å². The van der Waals surface area contributed by atoms with Crippen molar-refractivity contribution in [2.24, 2.45) is 23.7 Å². The summed E-state index contributed by atoms with van der Waals surface area (Å²) < 4.78 is 7.71. The van der Waals surface area contributed by atoms with Crippen molar-refractivity contribution < 1.29 is 4.74 Å². The zero-order valence-corrected chi connectivity index (χ0v) is 40.4. The van der Waals surface area contributed by atoms with Gasteiger partial charge in [-0.1, -0.05) is 205 Å². The molecule has 2 atom stereocenters. The fourth-order valence-electron chi connectivity index (χ4n) is 10.9. The summed E-state index contributed by atoms with van der Waals surface area (Å²) in [7, 11) is 0. The molecule has 0 bridgehead atoms. The summed E-state index contributed by atoms with van der Waals surface area (Å²) in [5.74, 6) is 2.75. The van der Waals surface area contributed by atoms with Gasteiger partial charge < -0.3 is 4.74 Å². The number of hydrogen-bond donors (Lipinski definition) is 0. The van der Waals surface area contributed by atoms with E-state index in [1.807, 2.05) is 24.8 Å². The van der Waals surface area contributed by atoms with Crippen LogP contribution in [-0.4, -0.2) is 19.9 Å². The Labute approximate surface area is 384 Å². The Kier molecular flexibility index (Phi) is 21.6.